The monoisotopic (exact) mass is 404 g/mol. The molecule has 0 atom stereocenters. The lowest BCUT2D eigenvalue weighted by atomic mass is 9.78. The molecule has 3 rings (SSSR count). The Labute approximate surface area is 180 Å². The Morgan fingerprint density at radius 1 is 0.759 bits per heavy atom. The predicted octanol–water partition coefficient (Wildman–Crippen LogP) is 8.02. The maximum Gasteiger partial charge on any atom is 0.131 e. The first-order chi connectivity index (χ1) is 13.7. The van der Waals surface area contributed by atoms with Gasteiger partial charge in [0.2, 0.25) is 0 Å². The lowest BCUT2D eigenvalue weighted by molar-refractivity contribution is 0.452. The van der Waals surface area contributed by atoms with Crippen LogP contribution in [0.4, 0.5) is 0 Å². The molecule has 0 spiro atoms. The molecule has 3 aromatic carbocycles. The fourth-order valence-electron chi connectivity index (χ4n) is 3.81. The fraction of sp³-hybridized carbons (Fsp3) is 0.333. The third-order valence-corrected chi connectivity index (χ3v) is 6.10. The summed E-state index contributed by atoms with van der Waals surface area (Å²) in [6, 6.07) is 25.5. The van der Waals surface area contributed by atoms with Crippen molar-refractivity contribution in [2.45, 2.75) is 56.8 Å². The first kappa shape index (κ1) is 21.5. The summed E-state index contributed by atoms with van der Waals surface area (Å²) in [5.74, 6) is 1.83. The summed E-state index contributed by atoms with van der Waals surface area (Å²) >= 11 is 1.82. The van der Waals surface area contributed by atoms with Crippen molar-refractivity contribution < 1.29 is 4.74 Å². The number of ether oxygens (including phenoxy) is 1. The average Bonchev–Trinajstić information content (AvgIpc) is 2.67. The highest BCUT2D eigenvalue weighted by molar-refractivity contribution is 7.98. The number of rotatable bonds is 6. The second-order valence-corrected chi connectivity index (χ2v) is 10.1. The van der Waals surface area contributed by atoms with E-state index in [1.54, 1.807) is 0 Å². The Bertz CT molecular complexity index is 952. The van der Waals surface area contributed by atoms with Crippen LogP contribution in [0.2, 0.25) is 0 Å². The lowest BCUT2D eigenvalue weighted by Crippen LogP contribution is -2.22. The maximum absolute atomic E-state index is 6.34. The summed E-state index contributed by atoms with van der Waals surface area (Å²) in [6.07, 6.45) is 3.11. The molecule has 2 heteroatoms. The second-order valence-electron chi connectivity index (χ2n) is 9.26. The van der Waals surface area contributed by atoms with E-state index in [0.717, 1.165) is 17.9 Å². The smallest absolute Gasteiger partial charge is 0.131 e. The summed E-state index contributed by atoms with van der Waals surface area (Å²) in [6.45, 7) is 11.4. The standard InChI is InChI=1S/C27H32OS/c1-26(2,3)22-17-16-20(18-24(22)28-21-12-8-7-9-13-21)19-27(4,5)23-14-10-11-15-25(23)29-6/h7-18H,19H2,1-6H3. The van der Waals surface area contributed by atoms with Gasteiger partial charge in [-0.05, 0) is 58.9 Å². The highest BCUT2D eigenvalue weighted by Gasteiger charge is 2.26. The summed E-state index contributed by atoms with van der Waals surface area (Å²) in [4.78, 5) is 1.35. The highest BCUT2D eigenvalue weighted by Crippen LogP contribution is 2.38. The van der Waals surface area contributed by atoms with Gasteiger partial charge in [0.15, 0.2) is 0 Å². The Balaban J connectivity index is 1.97. The number of benzene rings is 3. The molecular weight excluding hydrogens is 372 g/mol. The van der Waals surface area contributed by atoms with Crippen LogP contribution >= 0.6 is 11.8 Å². The van der Waals surface area contributed by atoms with Crippen molar-refractivity contribution in [3.8, 4) is 11.5 Å². The Kier molecular flexibility index (Phi) is 6.43. The minimum absolute atomic E-state index is 0.0175. The predicted molar refractivity (Wildman–Crippen MR) is 127 cm³/mol. The van der Waals surface area contributed by atoms with Crippen LogP contribution in [0.5, 0.6) is 11.5 Å². The van der Waals surface area contributed by atoms with Gasteiger partial charge in [-0.15, -0.1) is 11.8 Å². The van der Waals surface area contributed by atoms with Crippen molar-refractivity contribution in [3.63, 3.8) is 0 Å². The third-order valence-electron chi connectivity index (χ3n) is 5.31. The number of para-hydroxylation sites is 1. The maximum atomic E-state index is 6.34. The molecule has 29 heavy (non-hydrogen) atoms. The van der Waals surface area contributed by atoms with Crippen molar-refractivity contribution in [3.05, 3.63) is 89.5 Å². The molecule has 0 aliphatic carbocycles. The zero-order chi connectivity index (χ0) is 21.1. The number of hydrogen-bond acceptors (Lipinski definition) is 2. The molecule has 0 heterocycles. The van der Waals surface area contributed by atoms with Crippen molar-refractivity contribution >= 4 is 11.8 Å². The minimum atomic E-state index is 0.0175. The van der Waals surface area contributed by atoms with Crippen molar-refractivity contribution in [2.75, 3.05) is 6.26 Å². The van der Waals surface area contributed by atoms with E-state index in [4.69, 9.17) is 4.74 Å². The van der Waals surface area contributed by atoms with Gasteiger partial charge in [0.25, 0.3) is 0 Å². The molecule has 3 aromatic rings. The first-order valence-corrected chi connectivity index (χ1v) is 11.4. The van der Waals surface area contributed by atoms with E-state index in [1.165, 1.54) is 21.6 Å². The largest absolute Gasteiger partial charge is 0.457 e. The van der Waals surface area contributed by atoms with Gasteiger partial charge in [-0.25, -0.2) is 0 Å². The van der Waals surface area contributed by atoms with E-state index in [0.29, 0.717) is 0 Å². The summed E-state index contributed by atoms with van der Waals surface area (Å²) in [7, 11) is 0. The molecule has 0 fully saturated rings. The van der Waals surface area contributed by atoms with E-state index < -0.39 is 0 Å². The van der Waals surface area contributed by atoms with Gasteiger partial charge < -0.3 is 4.74 Å². The van der Waals surface area contributed by atoms with E-state index >= 15 is 0 Å². The number of thioether (sulfide) groups is 1. The van der Waals surface area contributed by atoms with Crippen LogP contribution < -0.4 is 4.74 Å². The van der Waals surface area contributed by atoms with Gasteiger partial charge in [0, 0.05) is 10.5 Å². The quantitative estimate of drug-likeness (QED) is 0.385. The summed E-state index contributed by atoms with van der Waals surface area (Å²) in [5.41, 5.74) is 3.98. The molecule has 0 aromatic heterocycles. The van der Waals surface area contributed by atoms with Crippen molar-refractivity contribution in [1.29, 1.82) is 0 Å². The zero-order valence-corrected chi connectivity index (χ0v) is 19.3. The van der Waals surface area contributed by atoms with Crippen LogP contribution in [-0.4, -0.2) is 6.26 Å². The molecule has 0 N–H and O–H groups in total. The Morgan fingerprint density at radius 2 is 1.41 bits per heavy atom. The van der Waals surface area contributed by atoms with Crippen LogP contribution in [-0.2, 0) is 17.3 Å². The van der Waals surface area contributed by atoms with Gasteiger partial charge in [-0.3, -0.25) is 0 Å². The average molecular weight is 405 g/mol. The SMILES string of the molecule is CSc1ccccc1C(C)(C)Cc1ccc(C(C)(C)C)c(Oc2ccccc2)c1. The first-order valence-electron chi connectivity index (χ1n) is 10.2. The van der Waals surface area contributed by atoms with Crippen LogP contribution in [0, 0.1) is 0 Å². The van der Waals surface area contributed by atoms with E-state index in [1.807, 2.05) is 42.1 Å². The van der Waals surface area contributed by atoms with Gasteiger partial charge in [-0.2, -0.15) is 0 Å². The van der Waals surface area contributed by atoms with E-state index in [9.17, 15) is 0 Å². The van der Waals surface area contributed by atoms with Gasteiger partial charge in [0.1, 0.15) is 11.5 Å². The van der Waals surface area contributed by atoms with Crippen LogP contribution in [0.1, 0.15) is 51.3 Å². The number of hydrogen-bond donors (Lipinski definition) is 0. The molecule has 0 aliphatic rings. The fourth-order valence-corrected chi connectivity index (χ4v) is 4.58. The molecule has 0 aliphatic heterocycles. The molecule has 0 saturated heterocycles. The molecule has 0 bridgehead atoms. The van der Waals surface area contributed by atoms with Crippen LogP contribution in [0.15, 0.2) is 77.7 Å². The topological polar surface area (TPSA) is 9.23 Å². The summed E-state index contributed by atoms with van der Waals surface area (Å²) < 4.78 is 6.34. The molecule has 0 radical (unpaired) electrons. The van der Waals surface area contributed by atoms with Gasteiger partial charge >= 0.3 is 0 Å². The van der Waals surface area contributed by atoms with Gasteiger partial charge in [0.05, 0.1) is 0 Å². The molecule has 152 valence electrons. The highest BCUT2D eigenvalue weighted by atomic mass is 32.2. The van der Waals surface area contributed by atoms with Crippen LogP contribution in [0.3, 0.4) is 0 Å². The van der Waals surface area contributed by atoms with Crippen LogP contribution in [0.25, 0.3) is 0 Å². The van der Waals surface area contributed by atoms with Gasteiger partial charge in [-0.1, -0.05) is 83.1 Å². The van der Waals surface area contributed by atoms with E-state index in [-0.39, 0.29) is 10.8 Å². The Hall–Kier alpha value is -2.19. The molecular formula is C27H32OS. The normalized spacial score (nSPS) is 12.1. The van der Waals surface area contributed by atoms with E-state index in [2.05, 4.69) is 83.3 Å². The third kappa shape index (κ3) is 5.25. The molecule has 1 nitrogen and oxygen atoms in total. The second kappa shape index (κ2) is 8.67. The van der Waals surface area contributed by atoms with Crippen molar-refractivity contribution in [2.24, 2.45) is 0 Å². The molecule has 0 unspecified atom stereocenters. The molecule has 0 saturated carbocycles. The summed E-state index contributed by atoms with van der Waals surface area (Å²) in [5, 5.41) is 0. The minimum Gasteiger partial charge on any atom is -0.457 e. The van der Waals surface area contributed by atoms with Crippen molar-refractivity contribution in [1.82, 2.24) is 0 Å². The molecule has 0 amide bonds. The Morgan fingerprint density at radius 3 is 2.07 bits per heavy atom. The zero-order valence-electron chi connectivity index (χ0n) is 18.5. The lowest BCUT2D eigenvalue weighted by Gasteiger charge is -2.29.